The zero-order valence-corrected chi connectivity index (χ0v) is 14.4. The summed E-state index contributed by atoms with van der Waals surface area (Å²) in [6.45, 7) is 5.62. The zero-order valence-electron chi connectivity index (χ0n) is 10.4. The Balaban J connectivity index is 1.98. The Kier molecular flexibility index (Phi) is 5.69. The van der Waals surface area contributed by atoms with E-state index < -0.39 is 0 Å². The van der Waals surface area contributed by atoms with Crippen molar-refractivity contribution in [3.05, 3.63) is 56.8 Å². The molecule has 0 N–H and O–H groups in total. The molecule has 0 saturated heterocycles. The summed E-state index contributed by atoms with van der Waals surface area (Å²) in [7, 11) is 0. The lowest BCUT2D eigenvalue weighted by Crippen LogP contribution is -1.89. The van der Waals surface area contributed by atoms with E-state index in [9.17, 15) is 4.79 Å². The summed E-state index contributed by atoms with van der Waals surface area (Å²) in [6.07, 6.45) is 1.37. The Labute approximate surface area is 134 Å². The molecule has 0 spiro atoms. The Hall–Kier alpha value is -0.100. The third kappa shape index (κ3) is 4.18. The van der Waals surface area contributed by atoms with Crippen molar-refractivity contribution in [1.82, 2.24) is 0 Å². The quantitative estimate of drug-likeness (QED) is 0.638. The van der Waals surface area contributed by atoms with Crippen molar-refractivity contribution in [2.75, 3.05) is 5.75 Å². The van der Waals surface area contributed by atoms with Crippen molar-refractivity contribution < 1.29 is 4.79 Å². The van der Waals surface area contributed by atoms with E-state index in [4.69, 9.17) is 0 Å². The lowest BCUT2D eigenvalue weighted by atomic mass is 10.2. The number of rotatable bonds is 4. The van der Waals surface area contributed by atoms with Crippen molar-refractivity contribution in [3.8, 4) is 0 Å². The number of hydrogen-bond acceptors (Lipinski definition) is 4. The van der Waals surface area contributed by atoms with Gasteiger partial charge in [0.15, 0.2) is 0 Å². The summed E-state index contributed by atoms with van der Waals surface area (Å²) >= 11 is 8.49. The van der Waals surface area contributed by atoms with Crippen molar-refractivity contribution in [2.45, 2.75) is 11.5 Å². The molecule has 0 radical (unpaired) electrons. The monoisotopic (exact) mass is 372 g/mol. The van der Waals surface area contributed by atoms with Crippen LogP contribution in [0.5, 0.6) is 0 Å². The van der Waals surface area contributed by atoms with Gasteiger partial charge in [0.1, 0.15) is 0 Å². The lowest BCUT2D eigenvalue weighted by Gasteiger charge is -2.09. The van der Waals surface area contributed by atoms with E-state index in [0.29, 0.717) is 4.58 Å². The molecule has 1 nitrogen and oxygen atoms in total. The largest absolute Gasteiger partial charge is 0.282 e. The SMILES string of the molecule is C=CC(=O)SCC1=C(C)SC(c2ccc(Br)cc2)S1. The van der Waals surface area contributed by atoms with Crippen LogP contribution in [0.15, 0.2) is 51.2 Å². The van der Waals surface area contributed by atoms with E-state index in [2.05, 4.69) is 53.7 Å². The second-order valence-corrected chi connectivity index (χ2v) is 8.62. The van der Waals surface area contributed by atoms with Gasteiger partial charge in [-0.3, -0.25) is 4.79 Å². The van der Waals surface area contributed by atoms with Crippen LogP contribution in [0.2, 0.25) is 0 Å². The van der Waals surface area contributed by atoms with Gasteiger partial charge in [-0.15, -0.1) is 23.5 Å². The van der Waals surface area contributed by atoms with Crippen LogP contribution in [0.4, 0.5) is 0 Å². The number of benzene rings is 1. The zero-order chi connectivity index (χ0) is 13.8. The number of carbonyl (C=O) groups excluding carboxylic acids is 1. The predicted molar refractivity (Wildman–Crippen MR) is 92.4 cm³/mol. The van der Waals surface area contributed by atoms with Gasteiger partial charge in [-0.2, -0.15) is 0 Å². The maximum absolute atomic E-state index is 11.3. The second-order valence-electron chi connectivity index (χ2n) is 3.91. The molecule has 19 heavy (non-hydrogen) atoms. The maximum atomic E-state index is 11.3. The first-order valence-corrected chi connectivity index (χ1v) is 9.21. The van der Waals surface area contributed by atoms with E-state index in [0.717, 1.165) is 10.2 Å². The van der Waals surface area contributed by atoms with Gasteiger partial charge in [0, 0.05) is 15.1 Å². The predicted octanol–water partition coefficient (Wildman–Crippen LogP) is 5.61. The molecule has 1 aromatic rings. The average molecular weight is 373 g/mol. The van der Waals surface area contributed by atoms with Gasteiger partial charge in [0.25, 0.3) is 0 Å². The molecule has 0 aliphatic carbocycles. The standard InChI is InChI=1S/C14H13BrOS3/c1-3-13(16)17-8-12-9(2)18-14(19-12)10-4-6-11(15)7-5-10/h3-7,14H,1,8H2,2H3. The van der Waals surface area contributed by atoms with Gasteiger partial charge < -0.3 is 0 Å². The molecule has 1 atom stereocenters. The first-order valence-electron chi connectivity index (χ1n) is 5.68. The molecule has 2 rings (SSSR count). The van der Waals surface area contributed by atoms with Crippen molar-refractivity contribution in [2.24, 2.45) is 0 Å². The van der Waals surface area contributed by atoms with Gasteiger partial charge in [-0.1, -0.05) is 46.4 Å². The summed E-state index contributed by atoms with van der Waals surface area (Å²) < 4.78 is 1.50. The fraction of sp³-hybridized carbons (Fsp3) is 0.214. The molecule has 1 aliphatic heterocycles. The normalized spacial score (nSPS) is 18.7. The Morgan fingerprint density at radius 1 is 1.42 bits per heavy atom. The Morgan fingerprint density at radius 2 is 2.11 bits per heavy atom. The Morgan fingerprint density at radius 3 is 2.74 bits per heavy atom. The molecule has 0 saturated carbocycles. The van der Waals surface area contributed by atoms with Crippen molar-refractivity contribution in [3.63, 3.8) is 0 Å². The molecule has 0 aromatic heterocycles. The summed E-state index contributed by atoms with van der Waals surface area (Å²) in [4.78, 5) is 13.9. The fourth-order valence-electron chi connectivity index (χ4n) is 1.55. The minimum Gasteiger partial charge on any atom is -0.282 e. The highest BCUT2D eigenvalue weighted by Crippen LogP contribution is 2.55. The summed E-state index contributed by atoms with van der Waals surface area (Å²) in [5.41, 5.74) is 1.31. The van der Waals surface area contributed by atoms with Gasteiger partial charge in [-0.05, 0) is 35.6 Å². The Bertz CT molecular complexity index is 522. The third-order valence-corrected chi connectivity index (χ3v) is 7.19. The van der Waals surface area contributed by atoms with E-state index in [1.54, 1.807) is 0 Å². The van der Waals surface area contributed by atoms with Crippen LogP contribution < -0.4 is 0 Å². The highest BCUT2D eigenvalue weighted by molar-refractivity contribution is 9.10. The average Bonchev–Trinajstić information content (AvgIpc) is 2.78. The van der Waals surface area contributed by atoms with E-state index in [-0.39, 0.29) is 5.12 Å². The second kappa shape index (κ2) is 7.07. The van der Waals surface area contributed by atoms with Crippen LogP contribution in [-0.2, 0) is 4.79 Å². The van der Waals surface area contributed by atoms with Gasteiger partial charge in [0.05, 0.1) is 4.58 Å². The van der Waals surface area contributed by atoms with Crippen LogP contribution in [0.25, 0.3) is 0 Å². The summed E-state index contributed by atoms with van der Waals surface area (Å²) in [5.74, 6) is 0.751. The van der Waals surface area contributed by atoms with Crippen molar-refractivity contribution >= 4 is 56.3 Å². The van der Waals surface area contributed by atoms with Crippen LogP contribution in [0, 0.1) is 0 Å². The number of halogens is 1. The van der Waals surface area contributed by atoms with Crippen LogP contribution in [0.1, 0.15) is 17.1 Å². The number of carbonyl (C=O) groups is 1. The molecule has 1 aliphatic rings. The van der Waals surface area contributed by atoms with Gasteiger partial charge in [-0.25, -0.2) is 0 Å². The smallest absolute Gasteiger partial charge is 0.211 e. The van der Waals surface area contributed by atoms with Crippen LogP contribution in [0.3, 0.4) is 0 Å². The van der Waals surface area contributed by atoms with Crippen LogP contribution >= 0.6 is 51.2 Å². The molecule has 5 heteroatoms. The fourth-order valence-corrected chi connectivity index (χ4v) is 5.76. The van der Waals surface area contributed by atoms with Gasteiger partial charge >= 0.3 is 0 Å². The first-order chi connectivity index (χ1) is 9.10. The third-order valence-electron chi connectivity index (χ3n) is 2.58. The van der Waals surface area contributed by atoms with Crippen molar-refractivity contribution in [1.29, 1.82) is 0 Å². The number of hydrogen-bond donors (Lipinski definition) is 0. The van der Waals surface area contributed by atoms with E-state index in [1.807, 2.05) is 23.5 Å². The molecule has 1 unspecified atom stereocenters. The molecule has 1 heterocycles. The molecule has 0 bridgehead atoms. The highest BCUT2D eigenvalue weighted by Gasteiger charge is 2.25. The topological polar surface area (TPSA) is 17.1 Å². The van der Waals surface area contributed by atoms with E-state index >= 15 is 0 Å². The van der Waals surface area contributed by atoms with E-state index in [1.165, 1.54) is 33.2 Å². The number of thioether (sulfide) groups is 3. The molecule has 0 amide bonds. The molecule has 100 valence electrons. The molecular weight excluding hydrogens is 360 g/mol. The molecular formula is C14H13BrOS3. The van der Waals surface area contributed by atoms with Crippen LogP contribution in [-0.4, -0.2) is 10.9 Å². The molecule has 1 aromatic carbocycles. The van der Waals surface area contributed by atoms with Gasteiger partial charge in [0.2, 0.25) is 5.12 Å². The maximum Gasteiger partial charge on any atom is 0.211 e. The minimum absolute atomic E-state index is 0.0398. The first kappa shape index (κ1) is 15.3. The minimum atomic E-state index is 0.0398. The molecule has 0 fully saturated rings. The number of allylic oxidation sites excluding steroid dienone is 1. The lowest BCUT2D eigenvalue weighted by molar-refractivity contribution is -0.107. The summed E-state index contributed by atoms with van der Waals surface area (Å²) in [6, 6.07) is 8.43. The highest BCUT2D eigenvalue weighted by atomic mass is 79.9. The summed E-state index contributed by atoms with van der Waals surface area (Å²) in [5, 5.41) is 0.0398.